The van der Waals surface area contributed by atoms with Crippen molar-refractivity contribution in [2.24, 2.45) is 0 Å². The molecule has 3 amide bonds. The lowest BCUT2D eigenvalue weighted by Crippen LogP contribution is -2.49. The fraction of sp³-hybridized carbons (Fsp3) is 0.304. The Bertz CT molecular complexity index is 981. The number of urea groups is 1. The first-order chi connectivity index (χ1) is 15.2. The van der Waals surface area contributed by atoms with E-state index < -0.39 is 0 Å². The lowest BCUT2D eigenvalue weighted by Gasteiger charge is -2.32. The van der Waals surface area contributed by atoms with Gasteiger partial charge in [-0.15, -0.1) is 0 Å². The van der Waals surface area contributed by atoms with Crippen LogP contribution in [-0.4, -0.2) is 50.7 Å². The first-order valence-electron chi connectivity index (χ1n) is 10.5. The molecular weight excluding hydrogens is 392 g/mol. The third-order valence-electron chi connectivity index (χ3n) is 5.43. The minimum Gasteiger partial charge on any atom is -0.349 e. The maximum Gasteiger partial charge on any atom is 0.317 e. The summed E-state index contributed by atoms with van der Waals surface area (Å²) in [5.74, 6) is -0.0595. The Balaban J connectivity index is 1.19. The highest BCUT2D eigenvalue weighted by Gasteiger charge is 2.24. The van der Waals surface area contributed by atoms with E-state index in [-0.39, 0.29) is 18.0 Å². The summed E-state index contributed by atoms with van der Waals surface area (Å²) in [6, 6.07) is 17.3. The summed E-state index contributed by atoms with van der Waals surface area (Å²) in [6.07, 6.45) is 4.71. The van der Waals surface area contributed by atoms with Crippen molar-refractivity contribution in [1.82, 2.24) is 30.3 Å². The Kier molecular flexibility index (Phi) is 6.56. The number of rotatable bonds is 6. The number of nitrogens with one attached hydrogen (secondary N) is 2. The Morgan fingerprint density at radius 1 is 0.968 bits per heavy atom. The van der Waals surface area contributed by atoms with Crippen molar-refractivity contribution >= 4 is 11.9 Å². The Morgan fingerprint density at radius 2 is 1.68 bits per heavy atom. The second kappa shape index (κ2) is 9.88. The number of benzene rings is 2. The average Bonchev–Trinajstić information content (AvgIpc) is 3.32. The fourth-order valence-electron chi connectivity index (χ4n) is 3.64. The molecule has 0 radical (unpaired) electrons. The van der Waals surface area contributed by atoms with Crippen molar-refractivity contribution in [2.75, 3.05) is 13.1 Å². The van der Waals surface area contributed by atoms with Gasteiger partial charge in [-0.2, -0.15) is 5.10 Å². The number of hydrogen-bond donors (Lipinski definition) is 2. The van der Waals surface area contributed by atoms with Crippen LogP contribution in [0.3, 0.4) is 0 Å². The van der Waals surface area contributed by atoms with Gasteiger partial charge in [0.25, 0.3) is 5.91 Å². The van der Waals surface area contributed by atoms with Gasteiger partial charge in [-0.1, -0.05) is 42.5 Å². The van der Waals surface area contributed by atoms with E-state index in [4.69, 9.17) is 0 Å². The van der Waals surface area contributed by atoms with Crippen LogP contribution < -0.4 is 10.6 Å². The fourth-order valence-corrected chi connectivity index (χ4v) is 3.64. The number of likely N-dealkylation sites (tertiary alicyclic amines) is 1. The summed E-state index contributed by atoms with van der Waals surface area (Å²) in [4.78, 5) is 30.5. The lowest BCUT2D eigenvalue weighted by molar-refractivity contribution is 0.0918. The van der Waals surface area contributed by atoms with Crippen LogP contribution in [0.5, 0.6) is 0 Å². The van der Waals surface area contributed by atoms with Crippen LogP contribution in [0.1, 0.15) is 34.3 Å². The maximum atomic E-state index is 12.5. The summed E-state index contributed by atoms with van der Waals surface area (Å²) in [6.45, 7) is 2.40. The Labute approximate surface area is 181 Å². The summed E-state index contributed by atoms with van der Waals surface area (Å²) in [5.41, 5.74) is 2.83. The molecule has 31 heavy (non-hydrogen) atoms. The molecule has 1 saturated heterocycles. The third kappa shape index (κ3) is 5.69. The zero-order chi connectivity index (χ0) is 21.5. The molecule has 0 bridgehead atoms. The molecule has 2 aromatic carbocycles. The number of carbonyl (C=O) groups excluding carboxylic acids is 2. The minimum absolute atomic E-state index is 0.0595. The molecule has 1 aliphatic heterocycles. The smallest absolute Gasteiger partial charge is 0.317 e. The zero-order valence-electron chi connectivity index (χ0n) is 17.3. The van der Waals surface area contributed by atoms with E-state index in [1.54, 1.807) is 23.1 Å². The predicted molar refractivity (Wildman–Crippen MR) is 116 cm³/mol. The molecular formula is C23H26N6O2. The highest BCUT2D eigenvalue weighted by molar-refractivity contribution is 5.94. The molecule has 8 nitrogen and oxygen atoms in total. The van der Waals surface area contributed by atoms with Crippen molar-refractivity contribution < 1.29 is 9.59 Å². The number of amides is 3. The molecule has 2 N–H and O–H groups in total. The van der Waals surface area contributed by atoms with Crippen molar-refractivity contribution in [3.05, 3.63) is 83.9 Å². The molecule has 0 unspecified atom stereocenters. The number of piperidine rings is 1. The summed E-state index contributed by atoms with van der Waals surface area (Å²) >= 11 is 0. The molecule has 1 aromatic heterocycles. The quantitative estimate of drug-likeness (QED) is 0.643. The van der Waals surface area contributed by atoms with Crippen LogP contribution in [0.15, 0.2) is 67.3 Å². The first-order valence-corrected chi connectivity index (χ1v) is 10.5. The van der Waals surface area contributed by atoms with Crippen molar-refractivity contribution in [1.29, 1.82) is 0 Å². The molecule has 3 aromatic rings. The first kappa shape index (κ1) is 20.6. The second-order valence-electron chi connectivity index (χ2n) is 7.67. The molecule has 160 valence electrons. The minimum atomic E-state index is -0.0699. The SMILES string of the molecule is O=C(NC1CCN(C(=O)NCc2ccc(Cn3cncn3)cc2)CC1)c1ccccc1. The van der Waals surface area contributed by atoms with Crippen LogP contribution in [-0.2, 0) is 13.1 Å². The van der Waals surface area contributed by atoms with E-state index in [2.05, 4.69) is 20.7 Å². The Hall–Kier alpha value is -3.68. The van der Waals surface area contributed by atoms with E-state index in [0.29, 0.717) is 31.7 Å². The molecule has 4 rings (SSSR count). The molecule has 1 aliphatic rings. The van der Waals surface area contributed by atoms with Crippen LogP contribution in [0.25, 0.3) is 0 Å². The van der Waals surface area contributed by atoms with E-state index in [1.807, 2.05) is 47.4 Å². The van der Waals surface area contributed by atoms with Crippen molar-refractivity contribution in [3.8, 4) is 0 Å². The average molecular weight is 419 g/mol. The highest BCUT2D eigenvalue weighted by atomic mass is 16.2. The predicted octanol–water partition coefficient (Wildman–Crippen LogP) is 2.43. The van der Waals surface area contributed by atoms with Gasteiger partial charge in [-0.25, -0.2) is 14.5 Å². The lowest BCUT2D eigenvalue weighted by atomic mass is 10.0. The van der Waals surface area contributed by atoms with Gasteiger partial charge in [0.05, 0.1) is 6.54 Å². The molecule has 0 atom stereocenters. The normalized spacial score (nSPS) is 14.3. The van der Waals surface area contributed by atoms with Crippen LogP contribution in [0.4, 0.5) is 4.79 Å². The number of carbonyl (C=O) groups is 2. The van der Waals surface area contributed by atoms with Gasteiger partial charge in [0.2, 0.25) is 0 Å². The van der Waals surface area contributed by atoms with Gasteiger partial charge in [0.1, 0.15) is 12.7 Å². The van der Waals surface area contributed by atoms with E-state index >= 15 is 0 Å². The van der Waals surface area contributed by atoms with Gasteiger partial charge < -0.3 is 15.5 Å². The van der Waals surface area contributed by atoms with Gasteiger partial charge in [-0.3, -0.25) is 4.79 Å². The maximum absolute atomic E-state index is 12.5. The van der Waals surface area contributed by atoms with Crippen LogP contribution in [0, 0.1) is 0 Å². The molecule has 0 aliphatic carbocycles. The molecule has 2 heterocycles. The molecule has 0 saturated carbocycles. The topological polar surface area (TPSA) is 92.2 Å². The second-order valence-corrected chi connectivity index (χ2v) is 7.67. The number of nitrogens with zero attached hydrogens (tertiary/aromatic N) is 4. The molecule has 0 spiro atoms. The van der Waals surface area contributed by atoms with Gasteiger partial charge >= 0.3 is 6.03 Å². The van der Waals surface area contributed by atoms with Gasteiger partial charge in [-0.05, 0) is 36.1 Å². The number of hydrogen-bond acceptors (Lipinski definition) is 4. The monoisotopic (exact) mass is 418 g/mol. The van der Waals surface area contributed by atoms with E-state index in [1.165, 1.54) is 6.33 Å². The molecule has 8 heteroatoms. The largest absolute Gasteiger partial charge is 0.349 e. The summed E-state index contributed by atoms with van der Waals surface area (Å²) < 4.78 is 1.77. The Morgan fingerprint density at radius 3 is 2.35 bits per heavy atom. The van der Waals surface area contributed by atoms with Gasteiger partial charge in [0.15, 0.2) is 0 Å². The highest BCUT2D eigenvalue weighted by Crippen LogP contribution is 2.12. The zero-order valence-corrected chi connectivity index (χ0v) is 17.3. The van der Waals surface area contributed by atoms with Gasteiger partial charge in [0, 0.05) is 31.2 Å². The number of aromatic nitrogens is 3. The summed E-state index contributed by atoms with van der Waals surface area (Å²) in [7, 11) is 0. The van der Waals surface area contributed by atoms with Crippen LogP contribution in [0.2, 0.25) is 0 Å². The van der Waals surface area contributed by atoms with Crippen molar-refractivity contribution in [2.45, 2.75) is 32.0 Å². The van der Waals surface area contributed by atoms with E-state index in [0.717, 1.165) is 24.0 Å². The van der Waals surface area contributed by atoms with Crippen molar-refractivity contribution in [3.63, 3.8) is 0 Å². The third-order valence-corrected chi connectivity index (χ3v) is 5.43. The van der Waals surface area contributed by atoms with E-state index in [9.17, 15) is 9.59 Å². The van der Waals surface area contributed by atoms with Crippen LogP contribution >= 0.6 is 0 Å². The summed E-state index contributed by atoms with van der Waals surface area (Å²) in [5, 5.41) is 10.2. The molecule has 1 fully saturated rings. The standard InChI is InChI=1S/C23H26N6O2/c30-22(20-4-2-1-3-5-20)27-21-10-12-28(13-11-21)23(31)25-14-18-6-8-19(9-7-18)15-29-17-24-16-26-29/h1-9,16-17,21H,10-15H2,(H,25,31)(H,27,30).